The van der Waals surface area contributed by atoms with Gasteiger partial charge in [0.2, 0.25) is 6.41 Å². The van der Waals surface area contributed by atoms with E-state index >= 15 is 0 Å². The number of carbonyl (C=O) groups excluding carboxylic acids is 1. The van der Waals surface area contributed by atoms with E-state index in [1.807, 2.05) is 0 Å². The van der Waals surface area contributed by atoms with Crippen molar-refractivity contribution in [1.29, 1.82) is 0 Å². The molecule has 0 radical (unpaired) electrons. The van der Waals surface area contributed by atoms with Crippen LogP contribution in [0.4, 0.5) is 0 Å². The van der Waals surface area contributed by atoms with Crippen LogP contribution in [0.25, 0.3) is 0 Å². The van der Waals surface area contributed by atoms with Gasteiger partial charge in [0.1, 0.15) is 30.8 Å². The Balaban J connectivity index is 2.09. The summed E-state index contributed by atoms with van der Waals surface area (Å²) in [5, 5.41) is 22.2. The van der Waals surface area contributed by atoms with Crippen LogP contribution in [0.1, 0.15) is 25.3 Å². The molecule has 11 heteroatoms. The zero-order chi connectivity index (χ0) is 24.2. The second-order valence-corrected chi connectivity index (χ2v) is 7.55. The number of ether oxygens (including phenoxy) is 4. The van der Waals surface area contributed by atoms with Crippen molar-refractivity contribution in [3.8, 4) is 11.5 Å². The first-order valence-corrected chi connectivity index (χ1v) is 10.7. The molecule has 11 nitrogen and oxygen atoms in total. The average Bonchev–Trinajstić information content (AvgIpc) is 2.79. The maximum Gasteiger partial charge on any atom is 0.321 e. The van der Waals surface area contributed by atoms with Gasteiger partial charge in [0.15, 0.2) is 12.1 Å². The third-order valence-electron chi connectivity index (χ3n) is 5.22. The number of likely N-dealkylation sites (tertiary alicyclic amines) is 1. The summed E-state index contributed by atoms with van der Waals surface area (Å²) in [5.74, 6) is 0.503. The molecule has 1 amide bonds. The number of piperidine rings is 1. The standard InChI is InChI=1S/C22H33N3O8/c1-15(23-2)32-13-16-4-5-18(31-9-8-30-7-6-24-14-26)12-20(16)33-21-11-17(27)10-19(22(28)29)25(21)3/h4-5,12,14,17,19,21,27H,6-11,13H2,1-3H3,(H,24,26)(H,28,29). The molecular weight excluding hydrogens is 434 g/mol. The smallest absolute Gasteiger partial charge is 0.321 e. The van der Waals surface area contributed by atoms with Gasteiger partial charge in [-0.2, -0.15) is 0 Å². The van der Waals surface area contributed by atoms with E-state index < -0.39 is 24.3 Å². The van der Waals surface area contributed by atoms with Crippen molar-refractivity contribution in [3.05, 3.63) is 23.8 Å². The highest BCUT2D eigenvalue weighted by atomic mass is 16.5. The Bertz CT molecular complexity index is 804. The van der Waals surface area contributed by atoms with Gasteiger partial charge in [-0.25, -0.2) is 0 Å². The van der Waals surface area contributed by atoms with Gasteiger partial charge in [-0.1, -0.05) is 0 Å². The van der Waals surface area contributed by atoms with Crippen LogP contribution in [0.15, 0.2) is 23.2 Å². The van der Waals surface area contributed by atoms with E-state index in [1.54, 1.807) is 44.1 Å². The summed E-state index contributed by atoms with van der Waals surface area (Å²) in [6.07, 6.45) is -0.407. The lowest BCUT2D eigenvalue weighted by atomic mass is 9.98. The van der Waals surface area contributed by atoms with E-state index in [0.717, 1.165) is 5.56 Å². The highest BCUT2D eigenvalue weighted by Gasteiger charge is 2.38. The van der Waals surface area contributed by atoms with E-state index in [-0.39, 0.29) is 19.4 Å². The van der Waals surface area contributed by atoms with Crippen LogP contribution < -0.4 is 14.8 Å². The van der Waals surface area contributed by atoms with Gasteiger partial charge in [0, 0.05) is 38.6 Å². The van der Waals surface area contributed by atoms with Crippen LogP contribution >= 0.6 is 0 Å². The monoisotopic (exact) mass is 467 g/mol. The molecule has 184 valence electrons. The first-order chi connectivity index (χ1) is 15.8. The Kier molecular flexibility index (Phi) is 10.9. The largest absolute Gasteiger partial charge is 0.491 e. The Morgan fingerprint density at radius 2 is 2.09 bits per heavy atom. The number of likely N-dealkylation sites (N-methyl/N-ethyl adjacent to an activating group) is 1. The fraction of sp³-hybridized carbons (Fsp3) is 0.591. The summed E-state index contributed by atoms with van der Waals surface area (Å²) in [6, 6.07) is 4.43. The number of carboxylic acid groups (broad SMARTS) is 1. The van der Waals surface area contributed by atoms with Gasteiger partial charge in [-0.05, 0) is 25.6 Å². The van der Waals surface area contributed by atoms with Crippen molar-refractivity contribution in [1.82, 2.24) is 10.2 Å². The zero-order valence-corrected chi connectivity index (χ0v) is 19.2. The number of aliphatic imine (C=N–C) groups is 1. The molecular formula is C22H33N3O8. The summed E-state index contributed by atoms with van der Waals surface area (Å²) in [7, 11) is 3.29. The van der Waals surface area contributed by atoms with Crippen molar-refractivity contribution in [2.45, 2.75) is 44.7 Å². The van der Waals surface area contributed by atoms with Crippen LogP contribution in [-0.4, -0.2) is 92.2 Å². The van der Waals surface area contributed by atoms with Crippen LogP contribution in [-0.2, 0) is 25.7 Å². The first-order valence-electron chi connectivity index (χ1n) is 10.7. The Morgan fingerprint density at radius 3 is 2.79 bits per heavy atom. The fourth-order valence-corrected chi connectivity index (χ4v) is 3.28. The van der Waals surface area contributed by atoms with Gasteiger partial charge in [0.05, 0.1) is 19.3 Å². The number of aliphatic hydroxyl groups is 1. The topological polar surface area (TPSA) is 139 Å². The second-order valence-electron chi connectivity index (χ2n) is 7.55. The average molecular weight is 468 g/mol. The Labute approximate surface area is 193 Å². The predicted octanol–water partition coefficient (Wildman–Crippen LogP) is 0.637. The van der Waals surface area contributed by atoms with E-state index in [4.69, 9.17) is 18.9 Å². The van der Waals surface area contributed by atoms with Gasteiger partial charge in [-0.15, -0.1) is 0 Å². The van der Waals surface area contributed by atoms with Crippen LogP contribution in [0.3, 0.4) is 0 Å². The lowest BCUT2D eigenvalue weighted by Gasteiger charge is -2.39. The quantitative estimate of drug-likeness (QED) is 0.165. The van der Waals surface area contributed by atoms with Gasteiger partial charge in [-0.3, -0.25) is 19.5 Å². The minimum Gasteiger partial charge on any atom is -0.491 e. The van der Waals surface area contributed by atoms with Crippen LogP contribution in [0.5, 0.6) is 11.5 Å². The molecule has 2 rings (SSSR count). The van der Waals surface area contributed by atoms with E-state index in [2.05, 4.69) is 10.3 Å². The molecule has 1 saturated heterocycles. The molecule has 0 saturated carbocycles. The number of benzene rings is 1. The Hall–Kier alpha value is -2.89. The first kappa shape index (κ1) is 26.4. The molecule has 1 fully saturated rings. The number of hydrogen-bond donors (Lipinski definition) is 3. The van der Waals surface area contributed by atoms with Crippen LogP contribution in [0.2, 0.25) is 0 Å². The van der Waals surface area contributed by atoms with Crippen molar-refractivity contribution in [3.63, 3.8) is 0 Å². The molecule has 3 unspecified atom stereocenters. The van der Waals surface area contributed by atoms with Crippen LogP contribution in [0, 0.1) is 0 Å². The van der Waals surface area contributed by atoms with E-state index in [0.29, 0.717) is 50.2 Å². The summed E-state index contributed by atoms with van der Waals surface area (Å²) in [5.41, 5.74) is 0.724. The highest BCUT2D eigenvalue weighted by molar-refractivity contribution is 5.73. The van der Waals surface area contributed by atoms with E-state index in [9.17, 15) is 19.8 Å². The molecule has 3 N–H and O–H groups in total. The molecule has 0 bridgehead atoms. The van der Waals surface area contributed by atoms with E-state index in [1.165, 1.54) is 0 Å². The SMILES string of the molecule is CN=C(C)OCc1ccc(OCCOCCNC=O)cc1OC1CC(O)CC(C(=O)O)N1C. The molecule has 33 heavy (non-hydrogen) atoms. The normalized spacial score (nSPS) is 21.3. The molecule has 1 aliphatic heterocycles. The third-order valence-corrected chi connectivity index (χ3v) is 5.22. The summed E-state index contributed by atoms with van der Waals surface area (Å²) >= 11 is 0. The number of nitrogens with zero attached hydrogens (tertiary/aromatic N) is 2. The van der Waals surface area contributed by atoms with Crippen molar-refractivity contribution < 1.29 is 38.7 Å². The Morgan fingerprint density at radius 1 is 1.30 bits per heavy atom. The number of amides is 1. The number of carboxylic acids is 1. The second kappa shape index (κ2) is 13.6. The molecule has 1 aromatic rings. The number of hydrogen-bond acceptors (Lipinski definition) is 9. The molecule has 1 heterocycles. The predicted molar refractivity (Wildman–Crippen MR) is 119 cm³/mol. The minimum atomic E-state index is -1.01. The molecule has 0 spiro atoms. The maximum atomic E-state index is 11.6. The molecule has 1 aromatic carbocycles. The van der Waals surface area contributed by atoms with Gasteiger partial charge < -0.3 is 34.5 Å². The zero-order valence-electron chi connectivity index (χ0n) is 19.2. The highest BCUT2D eigenvalue weighted by Crippen LogP contribution is 2.30. The molecule has 3 atom stereocenters. The summed E-state index contributed by atoms with van der Waals surface area (Å²) in [4.78, 5) is 27.4. The number of aliphatic hydroxyl groups excluding tert-OH is 1. The van der Waals surface area contributed by atoms with Crippen molar-refractivity contribution in [2.75, 3.05) is 40.5 Å². The fourth-order valence-electron chi connectivity index (χ4n) is 3.28. The van der Waals surface area contributed by atoms with Crippen molar-refractivity contribution in [2.24, 2.45) is 4.99 Å². The van der Waals surface area contributed by atoms with Gasteiger partial charge >= 0.3 is 5.97 Å². The summed E-state index contributed by atoms with van der Waals surface area (Å²) < 4.78 is 22.9. The number of rotatable bonds is 13. The number of nitrogens with one attached hydrogen (secondary N) is 1. The number of aliphatic carboxylic acids is 1. The van der Waals surface area contributed by atoms with Crippen molar-refractivity contribution >= 4 is 18.3 Å². The minimum absolute atomic E-state index is 0.138. The summed E-state index contributed by atoms with van der Waals surface area (Å²) in [6.45, 7) is 3.38. The number of carbonyl (C=O) groups is 2. The third kappa shape index (κ3) is 8.52. The molecule has 0 aromatic heterocycles. The lowest BCUT2D eigenvalue weighted by molar-refractivity contribution is -0.154. The molecule has 0 aliphatic carbocycles. The lowest BCUT2D eigenvalue weighted by Crippen LogP contribution is -2.54. The van der Waals surface area contributed by atoms with Gasteiger partial charge in [0.25, 0.3) is 0 Å². The maximum absolute atomic E-state index is 11.6. The molecule has 1 aliphatic rings.